The first kappa shape index (κ1) is 18.8. The molecule has 130 valence electrons. The van der Waals surface area contributed by atoms with Gasteiger partial charge >= 0.3 is 0 Å². The lowest BCUT2D eigenvalue weighted by Gasteiger charge is -2.35. The first-order valence-corrected chi connectivity index (χ1v) is 8.27. The number of rotatable bonds is 5. The van der Waals surface area contributed by atoms with Crippen molar-refractivity contribution >= 4 is 12.4 Å². The summed E-state index contributed by atoms with van der Waals surface area (Å²) in [5.74, 6) is -0.209. The van der Waals surface area contributed by atoms with Crippen LogP contribution in [0.3, 0.4) is 0 Å². The van der Waals surface area contributed by atoms with Gasteiger partial charge < -0.3 is 10.6 Å². The fraction of sp³-hybridized carbons (Fsp3) is 0.421. The zero-order valence-corrected chi connectivity index (χ0v) is 14.8. The highest BCUT2D eigenvalue weighted by Gasteiger charge is 2.28. The Kier molecular flexibility index (Phi) is 6.72. The van der Waals surface area contributed by atoms with E-state index >= 15 is 0 Å². The lowest BCUT2D eigenvalue weighted by molar-refractivity contribution is 0.215. The van der Waals surface area contributed by atoms with E-state index < -0.39 is 0 Å². The van der Waals surface area contributed by atoms with Gasteiger partial charge in [0.2, 0.25) is 0 Å². The summed E-state index contributed by atoms with van der Waals surface area (Å²) in [7, 11) is 0. The topological polar surface area (TPSA) is 37.0 Å². The summed E-state index contributed by atoms with van der Waals surface area (Å²) in [5, 5.41) is 7.08. The second-order valence-corrected chi connectivity index (χ2v) is 6.68. The van der Waals surface area contributed by atoms with E-state index in [9.17, 15) is 4.39 Å². The average molecular weight is 350 g/mol. The highest BCUT2D eigenvalue weighted by atomic mass is 35.5. The predicted molar refractivity (Wildman–Crippen MR) is 97.9 cm³/mol. The molecule has 0 amide bonds. The first-order valence-electron chi connectivity index (χ1n) is 8.27. The molecule has 5 heteroatoms. The Morgan fingerprint density at radius 2 is 1.88 bits per heavy atom. The predicted octanol–water partition coefficient (Wildman–Crippen LogP) is 3.71. The van der Waals surface area contributed by atoms with Crippen LogP contribution in [0.2, 0.25) is 0 Å². The monoisotopic (exact) mass is 349 g/mol. The summed E-state index contributed by atoms with van der Waals surface area (Å²) < 4.78 is 13.2. The summed E-state index contributed by atoms with van der Waals surface area (Å²) >= 11 is 0. The van der Waals surface area contributed by atoms with Crippen molar-refractivity contribution in [3.63, 3.8) is 0 Å². The van der Waals surface area contributed by atoms with E-state index in [1.165, 1.54) is 25.0 Å². The number of benzene rings is 1. The number of piperidine rings is 1. The van der Waals surface area contributed by atoms with E-state index in [4.69, 9.17) is 0 Å². The average Bonchev–Trinajstić information content (AvgIpc) is 2.58. The molecular weight excluding hydrogens is 325 g/mol. The summed E-state index contributed by atoms with van der Waals surface area (Å²) in [6, 6.07) is 12.6. The van der Waals surface area contributed by atoms with Crippen LogP contribution < -0.4 is 10.6 Å². The van der Waals surface area contributed by atoms with Crippen LogP contribution in [0.25, 0.3) is 0 Å². The van der Waals surface area contributed by atoms with Gasteiger partial charge in [-0.2, -0.15) is 0 Å². The molecule has 1 unspecified atom stereocenters. The van der Waals surface area contributed by atoms with Crippen molar-refractivity contribution in [3.05, 3.63) is 65.7 Å². The van der Waals surface area contributed by atoms with Crippen molar-refractivity contribution in [2.75, 3.05) is 19.6 Å². The summed E-state index contributed by atoms with van der Waals surface area (Å²) in [5.41, 5.74) is 2.30. The third-order valence-corrected chi connectivity index (χ3v) is 4.73. The van der Waals surface area contributed by atoms with Crippen LogP contribution in [0.5, 0.6) is 0 Å². The molecule has 2 heterocycles. The van der Waals surface area contributed by atoms with Crippen LogP contribution >= 0.6 is 12.4 Å². The molecule has 1 aromatic heterocycles. The molecule has 0 saturated carbocycles. The molecule has 1 aliphatic rings. The normalized spacial score (nSPS) is 17.8. The van der Waals surface area contributed by atoms with E-state index in [1.807, 2.05) is 30.3 Å². The van der Waals surface area contributed by atoms with Gasteiger partial charge in [0.15, 0.2) is 0 Å². The van der Waals surface area contributed by atoms with Gasteiger partial charge in [-0.3, -0.25) is 4.98 Å². The second kappa shape index (κ2) is 8.56. The van der Waals surface area contributed by atoms with E-state index in [1.54, 1.807) is 6.20 Å². The lowest BCUT2D eigenvalue weighted by Crippen LogP contribution is -2.42. The summed E-state index contributed by atoms with van der Waals surface area (Å²) in [6.45, 7) is 5.40. The fourth-order valence-electron chi connectivity index (χ4n) is 3.15. The molecule has 0 radical (unpaired) electrons. The highest BCUT2D eigenvalue weighted by Crippen LogP contribution is 2.29. The van der Waals surface area contributed by atoms with Crippen LogP contribution in [0.4, 0.5) is 4.39 Å². The number of hydrogen-bond acceptors (Lipinski definition) is 3. The number of pyridine rings is 1. The molecule has 2 aromatic rings. The van der Waals surface area contributed by atoms with Crippen molar-refractivity contribution in [1.82, 2.24) is 15.6 Å². The highest BCUT2D eigenvalue weighted by molar-refractivity contribution is 5.85. The molecule has 0 aliphatic carbocycles. The molecule has 1 atom stereocenters. The number of aromatic nitrogens is 1. The van der Waals surface area contributed by atoms with Gasteiger partial charge in [0.05, 0.1) is 11.7 Å². The number of nitrogens with zero attached hydrogens (tertiary/aromatic N) is 1. The van der Waals surface area contributed by atoms with Crippen molar-refractivity contribution in [3.8, 4) is 0 Å². The maximum absolute atomic E-state index is 13.2. The molecule has 1 saturated heterocycles. The van der Waals surface area contributed by atoms with Gasteiger partial charge in [-0.1, -0.05) is 25.1 Å². The van der Waals surface area contributed by atoms with Gasteiger partial charge in [0, 0.05) is 12.7 Å². The number of hydrogen-bond donors (Lipinski definition) is 2. The van der Waals surface area contributed by atoms with Crippen molar-refractivity contribution < 1.29 is 4.39 Å². The Balaban J connectivity index is 0.00000208. The largest absolute Gasteiger partial charge is 0.317 e. The van der Waals surface area contributed by atoms with E-state index in [0.717, 1.165) is 30.9 Å². The van der Waals surface area contributed by atoms with Gasteiger partial charge in [-0.15, -0.1) is 12.4 Å². The SMILES string of the molecule is CC1(CNC(c2ccc(F)cc2)c2ccccn2)CCNCC1.Cl. The number of halogens is 2. The van der Waals surface area contributed by atoms with Gasteiger partial charge in [0.1, 0.15) is 5.82 Å². The Hall–Kier alpha value is -1.49. The van der Waals surface area contributed by atoms with E-state index in [2.05, 4.69) is 22.5 Å². The lowest BCUT2D eigenvalue weighted by atomic mass is 9.80. The summed E-state index contributed by atoms with van der Waals surface area (Å²) in [6.07, 6.45) is 4.14. The molecule has 3 rings (SSSR count). The summed E-state index contributed by atoms with van der Waals surface area (Å²) in [4.78, 5) is 4.50. The van der Waals surface area contributed by atoms with Crippen molar-refractivity contribution in [2.24, 2.45) is 5.41 Å². The molecule has 24 heavy (non-hydrogen) atoms. The van der Waals surface area contributed by atoms with Crippen LogP contribution in [0.1, 0.15) is 37.1 Å². The Bertz CT molecular complexity index is 612. The maximum Gasteiger partial charge on any atom is 0.123 e. The molecule has 1 aromatic carbocycles. The van der Waals surface area contributed by atoms with E-state index in [0.29, 0.717) is 0 Å². The standard InChI is InChI=1S/C19H24FN3.ClH/c1-19(9-12-21-13-10-19)14-23-18(17-4-2-3-11-22-17)15-5-7-16(20)8-6-15;/h2-8,11,18,21,23H,9-10,12-14H2,1H3;1H. The molecular formula is C19H25ClFN3. The Labute approximate surface area is 149 Å². The molecule has 3 nitrogen and oxygen atoms in total. The zero-order chi connectivity index (χ0) is 16.1. The Morgan fingerprint density at radius 3 is 2.50 bits per heavy atom. The van der Waals surface area contributed by atoms with Crippen molar-refractivity contribution in [1.29, 1.82) is 0 Å². The third-order valence-electron chi connectivity index (χ3n) is 4.73. The van der Waals surface area contributed by atoms with E-state index in [-0.39, 0.29) is 29.7 Å². The fourth-order valence-corrected chi connectivity index (χ4v) is 3.15. The van der Waals surface area contributed by atoms with Crippen LogP contribution in [0.15, 0.2) is 48.7 Å². The van der Waals surface area contributed by atoms with Gasteiger partial charge in [-0.05, 0) is 61.2 Å². The van der Waals surface area contributed by atoms with Crippen LogP contribution in [-0.2, 0) is 0 Å². The Morgan fingerprint density at radius 1 is 1.17 bits per heavy atom. The molecule has 0 bridgehead atoms. The minimum Gasteiger partial charge on any atom is -0.317 e. The van der Waals surface area contributed by atoms with Crippen molar-refractivity contribution in [2.45, 2.75) is 25.8 Å². The first-order chi connectivity index (χ1) is 11.2. The number of nitrogens with one attached hydrogen (secondary N) is 2. The molecule has 1 fully saturated rings. The smallest absolute Gasteiger partial charge is 0.123 e. The molecule has 1 aliphatic heterocycles. The minimum absolute atomic E-state index is 0. The zero-order valence-electron chi connectivity index (χ0n) is 14.0. The quantitative estimate of drug-likeness (QED) is 0.864. The van der Waals surface area contributed by atoms with Gasteiger partial charge in [-0.25, -0.2) is 4.39 Å². The minimum atomic E-state index is -0.209. The third kappa shape index (κ3) is 4.76. The maximum atomic E-state index is 13.2. The second-order valence-electron chi connectivity index (χ2n) is 6.68. The van der Waals surface area contributed by atoms with Gasteiger partial charge in [0.25, 0.3) is 0 Å². The molecule has 2 N–H and O–H groups in total. The van der Waals surface area contributed by atoms with Crippen LogP contribution in [0, 0.1) is 11.2 Å². The molecule has 0 spiro atoms. The van der Waals surface area contributed by atoms with Crippen LogP contribution in [-0.4, -0.2) is 24.6 Å².